The molecule has 7 aromatic rings. The minimum atomic E-state index is -0.518. The quantitative estimate of drug-likeness (QED) is 0.150. The highest BCUT2D eigenvalue weighted by atomic mass is 31.1. The molecule has 4 aliphatic rings. The van der Waals surface area contributed by atoms with Gasteiger partial charge in [-0.15, -0.1) is 0 Å². The van der Waals surface area contributed by atoms with Crippen molar-refractivity contribution in [3.63, 3.8) is 0 Å². The van der Waals surface area contributed by atoms with E-state index in [0.717, 1.165) is 11.8 Å². The van der Waals surface area contributed by atoms with Crippen LogP contribution in [0.1, 0.15) is 83.0 Å². The van der Waals surface area contributed by atoms with Crippen LogP contribution in [0.15, 0.2) is 121 Å². The molecule has 0 N–H and O–H groups in total. The summed E-state index contributed by atoms with van der Waals surface area (Å²) in [5, 5.41) is 7.38. The van der Waals surface area contributed by atoms with Gasteiger partial charge in [-0.2, -0.15) is 0 Å². The van der Waals surface area contributed by atoms with Crippen molar-refractivity contribution in [1.29, 1.82) is 0 Å². The van der Waals surface area contributed by atoms with E-state index in [2.05, 4.69) is 163 Å². The van der Waals surface area contributed by atoms with E-state index in [9.17, 15) is 0 Å². The Kier molecular flexibility index (Phi) is 7.99. The van der Waals surface area contributed by atoms with Crippen molar-refractivity contribution in [1.82, 2.24) is 0 Å². The number of fused-ring (bicyclic) bond motifs is 3. The Hall–Kier alpha value is -4.32. The van der Waals surface area contributed by atoms with Crippen LogP contribution in [0.3, 0.4) is 0 Å². The summed E-state index contributed by atoms with van der Waals surface area (Å²) in [6.07, 6.45) is 8.17. The molecule has 4 aliphatic carbocycles. The molecule has 2 unspecified atom stereocenters. The minimum Gasteiger partial charge on any atom is -0.0772 e. The Morgan fingerprint density at radius 2 is 0.907 bits per heavy atom. The van der Waals surface area contributed by atoms with Gasteiger partial charge in [0.25, 0.3) is 0 Å². The first-order valence-electron chi connectivity index (χ1n) is 20.5. The van der Waals surface area contributed by atoms with Gasteiger partial charge >= 0.3 is 0 Å². The molecule has 0 amide bonds. The van der Waals surface area contributed by atoms with Gasteiger partial charge in [0.05, 0.1) is 0 Å². The topological polar surface area (TPSA) is 0 Å². The lowest BCUT2D eigenvalue weighted by Gasteiger charge is -2.63. The second-order valence-electron chi connectivity index (χ2n) is 18.1. The van der Waals surface area contributed by atoms with Gasteiger partial charge in [-0.05, 0) is 130 Å². The van der Waals surface area contributed by atoms with Crippen molar-refractivity contribution < 1.29 is 0 Å². The SMILES string of the molecule is Cc1cc(C)c(B(c2ccc(C34CC5CC(C3)CC(c3ccc(-p6c7ccccc7c7ccccc76)cc3)(C5)C4)cc2)c2c(C)cc(C)cc2C)c(C)c1. The van der Waals surface area contributed by atoms with Crippen LogP contribution < -0.4 is 16.4 Å². The molecule has 1 heterocycles. The summed E-state index contributed by atoms with van der Waals surface area (Å²) >= 11 is 0. The summed E-state index contributed by atoms with van der Waals surface area (Å²) in [7, 11) is -0.518. The molecule has 54 heavy (non-hydrogen) atoms. The zero-order valence-electron chi connectivity index (χ0n) is 33.0. The van der Waals surface area contributed by atoms with Crippen LogP contribution in [0.25, 0.3) is 26.3 Å². The summed E-state index contributed by atoms with van der Waals surface area (Å²) < 4.78 is 0. The molecule has 11 rings (SSSR count). The van der Waals surface area contributed by atoms with Gasteiger partial charge in [-0.25, -0.2) is 0 Å². The molecule has 4 fully saturated rings. The molecule has 1 aromatic heterocycles. The number of benzene rings is 6. The van der Waals surface area contributed by atoms with E-state index < -0.39 is 7.53 Å². The van der Waals surface area contributed by atoms with Crippen LogP contribution >= 0.6 is 7.53 Å². The molecule has 6 aromatic carbocycles. The second-order valence-corrected chi connectivity index (χ2v) is 20.3. The van der Waals surface area contributed by atoms with E-state index in [0.29, 0.717) is 0 Å². The van der Waals surface area contributed by atoms with E-state index in [-0.39, 0.29) is 17.5 Å². The summed E-state index contributed by atoms with van der Waals surface area (Å²) in [5.41, 5.74) is 16.4. The van der Waals surface area contributed by atoms with Gasteiger partial charge in [-0.1, -0.05) is 179 Å². The Morgan fingerprint density at radius 3 is 1.35 bits per heavy atom. The lowest BCUT2D eigenvalue weighted by atomic mass is 9.34. The monoisotopic (exact) mass is 718 g/mol. The molecule has 4 bridgehead atoms. The smallest absolute Gasteiger partial charge is 0.0772 e. The molecular formula is C52H52BP. The predicted octanol–water partition coefficient (Wildman–Crippen LogP) is 12.1. The fraction of sp³-hybridized carbons (Fsp3) is 0.308. The van der Waals surface area contributed by atoms with Crippen molar-refractivity contribution in [3.05, 3.63) is 166 Å². The third-order valence-corrected chi connectivity index (χ3v) is 16.8. The average Bonchev–Trinajstić information content (AvgIpc) is 3.47. The van der Waals surface area contributed by atoms with Crippen LogP contribution in [0, 0.1) is 53.4 Å². The first kappa shape index (κ1) is 34.2. The summed E-state index contributed by atoms with van der Waals surface area (Å²) in [6, 6.07) is 48.1. The normalized spacial score (nSPS) is 23.1. The van der Waals surface area contributed by atoms with E-state index in [1.165, 1.54) is 115 Å². The first-order chi connectivity index (χ1) is 26.1. The Morgan fingerprint density at radius 1 is 0.500 bits per heavy atom. The predicted molar refractivity (Wildman–Crippen MR) is 236 cm³/mol. The van der Waals surface area contributed by atoms with Gasteiger partial charge in [0.2, 0.25) is 6.71 Å². The molecule has 2 heteroatoms. The van der Waals surface area contributed by atoms with E-state index in [1.807, 2.05) is 0 Å². The molecule has 0 saturated heterocycles. The molecule has 0 spiro atoms. The van der Waals surface area contributed by atoms with Crippen molar-refractivity contribution in [3.8, 4) is 5.30 Å². The van der Waals surface area contributed by atoms with Gasteiger partial charge in [0.1, 0.15) is 0 Å². The van der Waals surface area contributed by atoms with Crippen LogP contribution in [-0.4, -0.2) is 6.71 Å². The highest BCUT2D eigenvalue weighted by Gasteiger charge is 2.58. The Labute approximate surface area is 324 Å². The van der Waals surface area contributed by atoms with Crippen molar-refractivity contribution in [2.24, 2.45) is 11.8 Å². The van der Waals surface area contributed by atoms with Gasteiger partial charge in [0, 0.05) is 10.2 Å². The van der Waals surface area contributed by atoms with Crippen molar-refractivity contribution >= 4 is 51.6 Å². The summed E-state index contributed by atoms with van der Waals surface area (Å²) in [4.78, 5) is 0. The number of hydrogen-bond donors (Lipinski definition) is 0. The van der Waals surface area contributed by atoms with Crippen LogP contribution in [0.5, 0.6) is 0 Å². The Balaban J connectivity index is 1.02. The maximum absolute atomic E-state index is 2.57. The second kappa shape index (κ2) is 12.6. The van der Waals surface area contributed by atoms with Crippen molar-refractivity contribution in [2.75, 3.05) is 0 Å². The number of hydrogen-bond acceptors (Lipinski definition) is 0. The standard InChI is InChI=1S/C52H52BP/c1-33-23-35(3)49(36(4)24-33)53(50-37(5)25-34(2)26-38(50)6)43-19-15-41(16-20-43)51-28-39-27-40(29-51)31-52(30-39,32-51)42-17-21-44(22-18-42)54-47-13-9-7-11-45(47)46-12-8-10-14-48(46)54/h7-26,39-40H,27-32H2,1-6H3. The molecule has 268 valence electrons. The molecule has 0 nitrogen and oxygen atoms in total. The molecule has 2 atom stereocenters. The van der Waals surface area contributed by atoms with Gasteiger partial charge in [-0.3, -0.25) is 0 Å². The molecule has 0 aliphatic heterocycles. The first-order valence-corrected chi connectivity index (χ1v) is 21.8. The highest BCUT2D eigenvalue weighted by molar-refractivity contribution is 7.67. The molecular weight excluding hydrogens is 666 g/mol. The lowest BCUT2D eigenvalue weighted by molar-refractivity contribution is -0.0281. The Bertz CT molecular complexity index is 2410. The minimum absolute atomic E-state index is 0.224. The summed E-state index contributed by atoms with van der Waals surface area (Å²) in [6.45, 7) is 14.0. The largest absolute Gasteiger partial charge is 0.242 e. The van der Waals surface area contributed by atoms with Crippen LogP contribution in [-0.2, 0) is 10.8 Å². The number of aryl methyl sites for hydroxylation is 6. The zero-order valence-corrected chi connectivity index (χ0v) is 33.9. The third-order valence-electron chi connectivity index (χ3n) is 14.3. The lowest BCUT2D eigenvalue weighted by Crippen LogP contribution is -2.57. The van der Waals surface area contributed by atoms with Crippen LogP contribution in [0.2, 0.25) is 0 Å². The van der Waals surface area contributed by atoms with Crippen LogP contribution in [0.4, 0.5) is 0 Å². The fourth-order valence-corrected chi connectivity index (χ4v) is 15.5. The van der Waals surface area contributed by atoms with E-state index in [4.69, 9.17) is 0 Å². The average molecular weight is 719 g/mol. The molecule has 0 radical (unpaired) electrons. The van der Waals surface area contributed by atoms with Gasteiger partial charge < -0.3 is 0 Å². The van der Waals surface area contributed by atoms with E-state index >= 15 is 0 Å². The van der Waals surface area contributed by atoms with E-state index in [1.54, 1.807) is 11.1 Å². The van der Waals surface area contributed by atoms with Crippen molar-refractivity contribution in [2.45, 2.75) is 90.9 Å². The summed E-state index contributed by atoms with van der Waals surface area (Å²) in [5.74, 6) is 1.65. The fourth-order valence-electron chi connectivity index (χ4n) is 12.9. The zero-order chi connectivity index (χ0) is 36.9. The third kappa shape index (κ3) is 5.33. The maximum atomic E-state index is 2.57. The number of rotatable bonds is 6. The molecule has 4 saturated carbocycles. The highest BCUT2D eigenvalue weighted by Crippen LogP contribution is 2.66. The maximum Gasteiger partial charge on any atom is 0.242 e. The van der Waals surface area contributed by atoms with Gasteiger partial charge in [0.15, 0.2) is 0 Å².